The quantitative estimate of drug-likeness (QED) is 0.846. The van der Waals surface area contributed by atoms with Crippen LogP contribution in [0.4, 0.5) is 18.0 Å². The number of hydrogen-bond donors (Lipinski definition) is 1. The van der Waals surface area contributed by atoms with E-state index in [0.29, 0.717) is 5.56 Å². The monoisotopic (exact) mass is 384 g/mol. The van der Waals surface area contributed by atoms with E-state index in [9.17, 15) is 18.0 Å². The number of halogens is 4. The molecule has 134 valence electrons. The minimum absolute atomic E-state index is 0.0719. The van der Waals surface area contributed by atoms with Crippen LogP contribution in [0, 0.1) is 11.3 Å². The Labute approximate surface area is 149 Å². The van der Waals surface area contributed by atoms with Gasteiger partial charge in [0.15, 0.2) is 11.5 Å². The van der Waals surface area contributed by atoms with Crippen LogP contribution in [0.25, 0.3) is 0 Å². The molecule has 6 nitrogen and oxygen atoms in total. The lowest BCUT2D eigenvalue weighted by atomic mass is 10.2. The average molecular weight is 385 g/mol. The topological polar surface area (TPSA) is 80.6 Å². The van der Waals surface area contributed by atoms with E-state index in [4.69, 9.17) is 31.1 Å². The highest BCUT2D eigenvalue weighted by atomic mass is 35.5. The van der Waals surface area contributed by atoms with E-state index in [2.05, 4.69) is 0 Å². The van der Waals surface area contributed by atoms with Crippen LogP contribution in [0.3, 0.4) is 0 Å². The highest BCUT2D eigenvalue weighted by Crippen LogP contribution is 2.46. The van der Waals surface area contributed by atoms with E-state index in [0.717, 1.165) is 6.07 Å². The van der Waals surface area contributed by atoms with E-state index in [1.807, 2.05) is 6.07 Å². The summed E-state index contributed by atoms with van der Waals surface area (Å²) in [5.74, 6) is -4.06. The number of ether oxygens (including phenoxy) is 3. The smallest absolute Gasteiger partial charge is 0.424 e. The SMILES string of the molecule is N#Cc1ccc(OC(=O)NC2(C(F)(F)F)Oc3ccc(Cl)cc3O2)cc1. The largest absolute Gasteiger partial charge is 0.492 e. The Hall–Kier alpha value is -3.12. The van der Waals surface area contributed by atoms with Gasteiger partial charge in [-0.25, -0.2) is 10.1 Å². The molecule has 1 atom stereocenters. The number of nitrogens with zero attached hydrogens (tertiary/aromatic N) is 1. The summed E-state index contributed by atoms with van der Waals surface area (Å²) in [6, 6.07) is 10.6. The molecule has 2 aromatic rings. The summed E-state index contributed by atoms with van der Waals surface area (Å²) in [6.07, 6.45) is -6.59. The van der Waals surface area contributed by atoms with Crippen LogP contribution in [-0.4, -0.2) is 18.2 Å². The van der Waals surface area contributed by atoms with Crippen molar-refractivity contribution >= 4 is 17.7 Å². The number of amides is 1. The summed E-state index contributed by atoms with van der Waals surface area (Å²) in [5, 5.41) is 10.4. The zero-order valence-corrected chi connectivity index (χ0v) is 13.4. The van der Waals surface area contributed by atoms with Crippen molar-refractivity contribution in [3.63, 3.8) is 0 Å². The maximum atomic E-state index is 13.5. The van der Waals surface area contributed by atoms with Crippen LogP contribution in [0.15, 0.2) is 42.5 Å². The predicted molar refractivity (Wildman–Crippen MR) is 81.8 cm³/mol. The van der Waals surface area contributed by atoms with Crippen LogP contribution in [-0.2, 0) is 0 Å². The molecule has 0 fully saturated rings. The summed E-state index contributed by atoms with van der Waals surface area (Å²) < 4.78 is 54.8. The molecule has 0 bridgehead atoms. The summed E-state index contributed by atoms with van der Waals surface area (Å²) in [7, 11) is 0. The van der Waals surface area contributed by atoms with Crippen LogP contribution < -0.4 is 19.5 Å². The number of nitriles is 1. The number of benzene rings is 2. The number of carbonyl (C=O) groups excluding carboxylic acids is 1. The fourth-order valence-electron chi connectivity index (χ4n) is 2.08. The molecule has 0 saturated carbocycles. The minimum Gasteiger partial charge on any atom is -0.424 e. The summed E-state index contributed by atoms with van der Waals surface area (Å²) in [5.41, 5.74) is 0.291. The number of hydrogen-bond acceptors (Lipinski definition) is 5. The fourth-order valence-corrected chi connectivity index (χ4v) is 2.24. The zero-order valence-electron chi connectivity index (χ0n) is 12.6. The van der Waals surface area contributed by atoms with Crippen molar-refractivity contribution in [1.29, 1.82) is 5.26 Å². The van der Waals surface area contributed by atoms with Crippen LogP contribution in [0.2, 0.25) is 5.02 Å². The summed E-state index contributed by atoms with van der Waals surface area (Å²) in [6.45, 7) is 0. The Morgan fingerprint density at radius 3 is 2.42 bits per heavy atom. The molecule has 1 aliphatic rings. The molecule has 3 rings (SSSR count). The van der Waals surface area contributed by atoms with Gasteiger partial charge in [0.1, 0.15) is 5.75 Å². The molecule has 1 N–H and O–H groups in total. The van der Waals surface area contributed by atoms with Crippen LogP contribution in [0.5, 0.6) is 17.2 Å². The molecular weight excluding hydrogens is 377 g/mol. The van der Waals surface area contributed by atoms with Crippen molar-refractivity contribution in [2.45, 2.75) is 12.1 Å². The Bertz CT molecular complexity index is 896. The molecule has 2 aromatic carbocycles. The third-order valence-corrected chi connectivity index (χ3v) is 3.48. The van der Waals surface area contributed by atoms with E-state index in [1.54, 1.807) is 0 Å². The minimum atomic E-state index is -5.12. The van der Waals surface area contributed by atoms with E-state index in [1.165, 1.54) is 41.7 Å². The predicted octanol–water partition coefficient (Wildman–Crippen LogP) is 3.99. The maximum Gasteiger partial charge on any atom is 0.492 e. The van der Waals surface area contributed by atoms with Gasteiger partial charge >= 0.3 is 18.2 Å². The van der Waals surface area contributed by atoms with Crippen LogP contribution in [0.1, 0.15) is 5.56 Å². The summed E-state index contributed by atoms with van der Waals surface area (Å²) >= 11 is 5.72. The molecule has 0 saturated heterocycles. The second-order valence-corrected chi connectivity index (χ2v) is 5.50. The van der Waals surface area contributed by atoms with E-state index < -0.39 is 18.2 Å². The number of carbonyl (C=O) groups is 1. The third-order valence-electron chi connectivity index (χ3n) is 3.25. The van der Waals surface area contributed by atoms with E-state index >= 15 is 0 Å². The molecule has 10 heteroatoms. The number of fused-ring (bicyclic) bond motifs is 1. The Balaban J connectivity index is 1.80. The van der Waals surface area contributed by atoms with Gasteiger partial charge in [-0.3, -0.25) is 0 Å². The summed E-state index contributed by atoms with van der Waals surface area (Å²) in [4.78, 5) is 11.9. The lowest BCUT2D eigenvalue weighted by molar-refractivity contribution is -0.318. The Morgan fingerprint density at radius 2 is 1.81 bits per heavy atom. The van der Waals surface area contributed by atoms with Crippen molar-refractivity contribution in [3.8, 4) is 23.3 Å². The maximum absolute atomic E-state index is 13.5. The highest BCUT2D eigenvalue weighted by Gasteiger charge is 2.66. The van der Waals surface area contributed by atoms with Crippen molar-refractivity contribution in [2.75, 3.05) is 0 Å². The van der Waals surface area contributed by atoms with Crippen molar-refractivity contribution in [2.24, 2.45) is 0 Å². The average Bonchev–Trinajstić information content (AvgIpc) is 2.93. The molecule has 1 aliphatic heterocycles. The van der Waals surface area contributed by atoms with Gasteiger partial charge in [0.25, 0.3) is 0 Å². The number of nitrogens with one attached hydrogen (secondary N) is 1. The van der Waals surface area contributed by atoms with Gasteiger partial charge < -0.3 is 14.2 Å². The van der Waals surface area contributed by atoms with Crippen molar-refractivity contribution in [1.82, 2.24) is 5.32 Å². The first-order valence-electron chi connectivity index (χ1n) is 6.97. The van der Waals surface area contributed by atoms with Gasteiger partial charge in [-0.1, -0.05) is 11.6 Å². The number of rotatable bonds is 2. The molecule has 0 radical (unpaired) electrons. The molecule has 1 unspecified atom stereocenters. The van der Waals surface area contributed by atoms with Gasteiger partial charge in [-0.2, -0.15) is 18.4 Å². The Kier molecular flexibility index (Phi) is 4.29. The molecule has 0 spiro atoms. The first-order chi connectivity index (χ1) is 12.2. The lowest BCUT2D eigenvalue weighted by Gasteiger charge is -2.29. The first-order valence-corrected chi connectivity index (χ1v) is 7.35. The molecule has 26 heavy (non-hydrogen) atoms. The fraction of sp³-hybridized carbons (Fsp3) is 0.125. The molecular formula is C16H8ClF3N2O4. The second-order valence-electron chi connectivity index (χ2n) is 5.06. The van der Waals surface area contributed by atoms with Gasteiger partial charge in [-0.15, -0.1) is 0 Å². The first kappa shape index (κ1) is 17.7. The molecule has 1 heterocycles. The van der Waals surface area contributed by atoms with Gasteiger partial charge in [0, 0.05) is 11.1 Å². The highest BCUT2D eigenvalue weighted by molar-refractivity contribution is 6.30. The van der Waals surface area contributed by atoms with Gasteiger partial charge in [-0.05, 0) is 36.4 Å². The molecule has 0 aromatic heterocycles. The zero-order chi connectivity index (χ0) is 18.9. The van der Waals surface area contributed by atoms with Gasteiger partial charge in [0.05, 0.1) is 11.6 Å². The third kappa shape index (κ3) is 3.32. The second kappa shape index (κ2) is 6.31. The lowest BCUT2D eigenvalue weighted by Crippen LogP contribution is -2.65. The Morgan fingerprint density at radius 1 is 1.15 bits per heavy atom. The molecule has 1 amide bonds. The van der Waals surface area contributed by atoms with Crippen LogP contribution >= 0.6 is 11.6 Å². The standard InChI is InChI=1S/C16H8ClF3N2O4/c17-10-3-6-12-13(7-10)26-16(25-12,15(18,19)20)22-14(23)24-11-4-1-9(8-21)2-5-11/h1-7H,(H,22,23). The van der Waals surface area contributed by atoms with Crippen molar-refractivity contribution < 1.29 is 32.2 Å². The molecule has 0 aliphatic carbocycles. The number of alkyl halides is 3. The van der Waals surface area contributed by atoms with Gasteiger partial charge in [0.2, 0.25) is 0 Å². The van der Waals surface area contributed by atoms with E-state index in [-0.39, 0.29) is 22.3 Å². The van der Waals surface area contributed by atoms with Crippen molar-refractivity contribution in [3.05, 3.63) is 53.1 Å². The normalized spacial score (nSPS) is 18.1.